The zero-order valence-electron chi connectivity index (χ0n) is 19.1. The number of amides is 1. The molecule has 7 nitrogen and oxygen atoms in total. The Hall–Kier alpha value is -3.65. The number of para-hydroxylation sites is 1. The van der Waals surface area contributed by atoms with Gasteiger partial charge in [0.15, 0.2) is 0 Å². The van der Waals surface area contributed by atoms with Gasteiger partial charge in [0.2, 0.25) is 11.0 Å². The third-order valence-corrected chi connectivity index (χ3v) is 7.11. The van der Waals surface area contributed by atoms with Crippen LogP contribution < -0.4 is 10.5 Å². The van der Waals surface area contributed by atoms with E-state index in [0.29, 0.717) is 36.6 Å². The first-order valence-corrected chi connectivity index (χ1v) is 12.4. The normalized spacial score (nSPS) is 13.9. The number of rotatable bonds is 6. The van der Waals surface area contributed by atoms with Crippen molar-refractivity contribution in [2.24, 2.45) is 0 Å². The van der Waals surface area contributed by atoms with Gasteiger partial charge in [-0.1, -0.05) is 48.5 Å². The lowest BCUT2D eigenvalue weighted by Gasteiger charge is -2.36. The van der Waals surface area contributed by atoms with Crippen LogP contribution in [0.25, 0.3) is 16.4 Å². The van der Waals surface area contributed by atoms with Gasteiger partial charge in [-0.05, 0) is 25.5 Å². The third kappa shape index (κ3) is 4.54. The molecular formula is C26H27N5O2S. The number of H-pyrrole nitrogens is 1. The summed E-state index contributed by atoms with van der Waals surface area (Å²) in [6.07, 6.45) is 0.745. The van der Waals surface area contributed by atoms with Crippen molar-refractivity contribution in [1.82, 2.24) is 19.7 Å². The molecule has 5 rings (SSSR count). The van der Waals surface area contributed by atoms with Crippen LogP contribution in [0, 0.1) is 6.92 Å². The Morgan fingerprint density at radius 3 is 2.38 bits per heavy atom. The molecule has 2 aromatic carbocycles. The van der Waals surface area contributed by atoms with E-state index in [2.05, 4.69) is 27.1 Å². The van der Waals surface area contributed by atoms with Crippen LogP contribution in [0.15, 0.2) is 70.8 Å². The zero-order chi connectivity index (χ0) is 23.5. The van der Waals surface area contributed by atoms with E-state index >= 15 is 0 Å². The third-order valence-electron chi connectivity index (χ3n) is 6.29. The highest BCUT2D eigenvalue weighted by Gasteiger charge is 2.22. The number of thiazole rings is 1. The molecule has 1 saturated heterocycles. The van der Waals surface area contributed by atoms with E-state index in [1.165, 1.54) is 21.7 Å². The van der Waals surface area contributed by atoms with Crippen molar-refractivity contribution in [3.8, 4) is 16.4 Å². The predicted molar refractivity (Wildman–Crippen MR) is 136 cm³/mol. The number of aromatic amines is 1. The van der Waals surface area contributed by atoms with Gasteiger partial charge >= 0.3 is 0 Å². The van der Waals surface area contributed by atoms with Crippen molar-refractivity contribution in [3.05, 3.63) is 87.7 Å². The van der Waals surface area contributed by atoms with Crippen LogP contribution in [0.1, 0.15) is 17.7 Å². The van der Waals surface area contributed by atoms with Crippen molar-refractivity contribution >= 4 is 22.9 Å². The fourth-order valence-corrected chi connectivity index (χ4v) is 5.15. The van der Waals surface area contributed by atoms with Gasteiger partial charge in [-0.25, -0.2) is 4.98 Å². The second-order valence-electron chi connectivity index (χ2n) is 8.44. The summed E-state index contributed by atoms with van der Waals surface area (Å²) in [5.41, 5.74) is 4.34. The first kappa shape index (κ1) is 22.2. The van der Waals surface area contributed by atoms with Gasteiger partial charge < -0.3 is 9.80 Å². The number of nitrogens with one attached hydrogen (secondary N) is 1. The van der Waals surface area contributed by atoms with E-state index in [0.717, 1.165) is 30.0 Å². The molecule has 3 heterocycles. The van der Waals surface area contributed by atoms with Crippen LogP contribution in [0.4, 0.5) is 5.69 Å². The van der Waals surface area contributed by atoms with Gasteiger partial charge in [-0.15, -0.1) is 11.3 Å². The second-order valence-corrected chi connectivity index (χ2v) is 9.28. The molecule has 4 aromatic rings. The van der Waals surface area contributed by atoms with Crippen molar-refractivity contribution in [3.63, 3.8) is 0 Å². The van der Waals surface area contributed by atoms with E-state index < -0.39 is 0 Å². The van der Waals surface area contributed by atoms with Gasteiger partial charge in [0.05, 0.1) is 5.69 Å². The van der Waals surface area contributed by atoms with Crippen molar-refractivity contribution in [2.75, 3.05) is 31.1 Å². The molecule has 1 amide bonds. The van der Waals surface area contributed by atoms with Gasteiger partial charge in [0, 0.05) is 60.5 Å². The topological polar surface area (TPSA) is 74.2 Å². The predicted octanol–water partition coefficient (Wildman–Crippen LogP) is 3.88. The summed E-state index contributed by atoms with van der Waals surface area (Å²) in [6, 6.07) is 20.2. The maximum Gasteiger partial charge on any atom is 0.276 e. The molecule has 1 N–H and O–H groups in total. The fraction of sp³-hybridized carbons (Fsp3) is 0.269. The molecule has 0 atom stereocenters. The average Bonchev–Trinajstić information content (AvgIpc) is 3.48. The summed E-state index contributed by atoms with van der Waals surface area (Å²) < 4.78 is 1.49. The Bertz CT molecular complexity index is 1320. The van der Waals surface area contributed by atoms with Crippen LogP contribution >= 0.6 is 11.3 Å². The SMILES string of the molecule is Cc1[nH]n(-c2nc(-c3ccccc3)cs2)c(=O)c1CCC(=O)N1CCN(c2ccccc2)CC1. The Morgan fingerprint density at radius 2 is 1.68 bits per heavy atom. The van der Waals surface area contributed by atoms with E-state index in [-0.39, 0.29) is 11.5 Å². The summed E-state index contributed by atoms with van der Waals surface area (Å²) in [4.78, 5) is 34.8. The Labute approximate surface area is 202 Å². The molecule has 0 aliphatic carbocycles. The molecule has 1 fully saturated rings. The average molecular weight is 474 g/mol. The number of piperazine rings is 1. The van der Waals surface area contributed by atoms with Crippen LogP contribution in [-0.2, 0) is 11.2 Å². The molecule has 2 aromatic heterocycles. The second kappa shape index (κ2) is 9.69. The Morgan fingerprint density at radius 1 is 1.00 bits per heavy atom. The number of carbonyl (C=O) groups is 1. The molecule has 174 valence electrons. The summed E-state index contributed by atoms with van der Waals surface area (Å²) in [5.74, 6) is 0.0971. The molecule has 8 heteroatoms. The summed E-state index contributed by atoms with van der Waals surface area (Å²) in [5, 5.41) is 5.69. The lowest BCUT2D eigenvalue weighted by molar-refractivity contribution is -0.131. The minimum atomic E-state index is -0.131. The van der Waals surface area contributed by atoms with Crippen LogP contribution in [-0.4, -0.2) is 51.8 Å². The Balaban J connectivity index is 1.22. The Kier molecular flexibility index (Phi) is 6.31. The molecular weight excluding hydrogens is 446 g/mol. The molecule has 0 radical (unpaired) electrons. The fourth-order valence-electron chi connectivity index (χ4n) is 4.36. The maximum absolute atomic E-state index is 13.1. The number of nitrogens with zero attached hydrogens (tertiary/aromatic N) is 4. The highest BCUT2D eigenvalue weighted by Crippen LogP contribution is 2.23. The lowest BCUT2D eigenvalue weighted by atomic mass is 10.1. The minimum absolute atomic E-state index is 0.0971. The largest absolute Gasteiger partial charge is 0.368 e. The van der Waals surface area contributed by atoms with Crippen molar-refractivity contribution in [1.29, 1.82) is 0 Å². The van der Waals surface area contributed by atoms with E-state index in [1.54, 1.807) is 0 Å². The molecule has 1 aliphatic rings. The number of aromatic nitrogens is 3. The highest BCUT2D eigenvalue weighted by atomic mass is 32.1. The van der Waals surface area contributed by atoms with E-state index in [9.17, 15) is 9.59 Å². The minimum Gasteiger partial charge on any atom is -0.368 e. The number of hydrogen-bond acceptors (Lipinski definition) is 5. The quantitative estimate of drug-likeness (QED) is 0.461. The summed E-state index contributed by atoms with van der Waals surface area (Å²) in [6.45, 7) is 4.91. The monoisotopic (exact) mass is 473 g/mol. The molecule has 34 heavy (non-hydrogen) atoms. The van der Waals surface area contributed by atoms with Gasteiger partial charge in [-0.2, -0.15) is 4.68 Å². The van der Waals surface area contributed by atoms with Crippen molar-refractivity contribution < 1.29 is 4.79 Å². The zero-order valence-corrected chi connectivity index (χ0v) is 19.9. The molecule has 0 bridgehead atoms. The van der Waals surface area contributed by atoms with Gasteiger partial charge in [0.1, 0.15) is 0 Å². The van der Waals surface area contributed by atoms with E-state index in [4.69, 9.17) is 0 Å². The standard InChI is InChI=1S/C26H27N5O2S/c1-19-22(12-13-24(32)30-16-14-29(15-17-30)21-10-6-3-7-11-21)25(33)31(28-19)26-27-23(18-34-26)20-8-4-2-5-9-20/h2-11,18,28H,12-17H2,1H3. The molecule has 1 aliphatic heterocycles. The maximum atomic E-state index is 13.1. The lowest BCUT2D eigenvalue weighted by Crippen LogP contribution is -2.48. The number of anilines is 1. The van der Waals surface area contributed by atoms with Crippen LogP contribution in [0.2, 0.25) is 0 Å². The molecule has 0 unspecified atom stereocenters. The highest BCUT2D eigenvalue weighted by molar-refractivity contribution is 7.12. The van der Waals surface area contributed by atoms with E-state index in [1.807, 2.05) is 65.7 Å². The number of benzene rings is 2. The van der Waals surface area contributed by atoms with Gasteiger partial charge in [-0.3, -0.25) is 14.7 Å². The van der Waals surface area contributed by atoms with Crippen molar-refractivity contribution in [2.45, 2.75) is 19.8 Å². The summed E-state index contributed by atoms with van der Waals surface area (Å²) in [7, 11) is 0. The first-order valence-electron chi connectivity index (χ1n) is 11.5. The van der Waals surface area contributed by atoms with Crippen LogP contribution in [0.5, 0.6) is 0 Å². The van der Waals surface area contributed by atoms with Gasteiger partial charge in [0.25, 0.3) is 5.56 Å². The smallest absolute Gasteiger partial charge is 0.276 e. The number of aryl methyl sites for hydroxylation is 1. The summed E-state index contributed by atoms with van der Waals surface area (Å²) >= 11 is 1.42. The number of carbonyl (C=O) groups excluding carboxylic acids is 1. The van der Waals surface area contributed by atoms with Crippen LogP contribution in [0.3, 0.4) is 0 Å². The first-order chi connectivity index (χ1) is 16.6. The molecule has 0 saturated carbocycles. The number of hydrogen-bond donors (Lipinski definition) is 1. The molecule has 0 spiro atoms.